The van der Waals surface area contributed by atoms with Gasteiger partial charge >= 0.3 is 0 Å². The average molecular weight is 346 g/mol. The van der Waals surface area contributed by atoms with Crippen LogP contribution < -0.4 is 0 Å². The summed E-state index contributed by atoms with van der Waals surface area (Å²) < 4.78 is 2.25. The minimum Gasteiger partial charge on any atom is -0.335 e. The van der Waals surface area contributed by atoms with Crippen molar-refractivity contribution in [1.82, 2.24) is 29.5 Å². The molecular weight excluding hydrogens is 324 g/mol. The van der Waals surface area contributed by atoms with E-state index in [1.165, 1.54) is 24.2 Å². The predicted molar refractivity (Wildman–Crippen MR) is 91.2 cm³/mol. The zero-order valence-corrected chi connectivity index (χ0v) is 14.7. The summed E-state index contributed by atoms with van der Waals surface area (Å²) in [6, 6.07) is 0. The highest BCUT2D eigenvalue weighted by Gasteiger charge is 2.28. The Morgan fingerprint density at radius 3 is 2.96 bits per heavy atom. The van der Waals surface area contributed by atoms with Gasteiger partial charge in [-0.25, -0.2) is 4.98 Å². The lowest BCUT2D eigenvalue weighted by Gasteiger charge is -2.29. The topological polar surface area (TPSA) is 67.2 Å². The lowest BCUT2D eigenvalue weighted by Crippen LogP contribution is -2.34. The molecule has 7 nitrogen and oxygen atoms in total. The first-order valence-corrected chi connectivity index (χ1v) is 9.44. The number of likely N-dealkylation sites (tertiary alicyclic amines) is 1. The van der Waals surface area contributed by atoms with Gasteiger partial charge in [0.1, 0.15) is 17.3 Å². The smallest absolute Gasteiger partial charge is 0.273 e. The fraction of sp³-hybridized carbons (Fsp3) is 0.625. The first kappa shape index (κ1) is 15.7. The summed E-state index contributed by atoms with van der Waals surface area (Å²) in [5.41, 5.74) is 2.25. The van der Waals surface area contributed by atoms with E-state index < -0.39 is 0 Å². The van der Waals surface area contributed by atoms with Crippen LogP contribution in [0, 0.1) is 0 Å². The van der Waals surface area contributed by atoms with E-state index >= 15 is 0 Å². The first-order chi connectivity index (χ1) is 11.7. The molecular formula is C16H22N6OS. The summed E-state index contributed by atoms with van der Waals surface area (Å²) in [6.45, 7) is 4.34. The number of rotatable bonds is 2. The van der Waals surface area contributed by atoms with E-state index in [0.717, 1.165) is 37.7 Å². The van der Waals surface area contributed by atoms with Crippen LogP contribution in [0.1, 0.15) is 40.9 Å². The molecule has 1 saturated heterocycles. The van der Waals surface area contributed by atoms with Crippen molar-refractivity contribution in [2.24, 2.45) is 0 Å². The first-order valence-electron chi connectivity index (χ1n) is 8.50. The Kier molecular flexibility index (Phi) is 4.32. The number of thiazole rings is 1. The molecule has 0 saturated carbocycles. The molecule has 0 spiro atoms. The summed E-state index contributed by atoms with van der Waals surface area (Å²) in [4.78, 5) is 20.9. The third-order valence-corrected chi connectivity index (χ3v) is 5.57. The second-order valence-electron chi connectivity index (χ2n) is 6.64. The number of hydrogen-bond donors (Lipinski definition) is 0. The molecule has 2 aromatic rings. The molecule has 2 aliphatic rings. The zero-order valence-electron chi connectivity index (χ0n) is 13.9. The van der Waals surface area contributed by atoms with Crippen molar-refractivity contribution in [3.8, 4) is 0 Å². The Morgan fingerprint density at radius 1 is 1.25 bits per heavy atom. The number of aromatic nitrogens is 4. The Labute approximate surface area is 145 Å². The zero-order chi connectivity index (χ0) is 16.5. The van der Waals surface area contributed by atoms with E-state index in [4.69, 9.17) is 0 Å². The van der Waals surface area contributed by atoms with E-state index in [1.807, 2.05) is 10.3 Å². The van der Waals surface area contributed by atoms with Gasteiger partial charge in [0.15, 0.2) is 0 Å². The van der Waals surface area contributed by atoms with E-state index in [9.17, 15) is 4.79 Å². The highest BCUT2D eigenvalue weighted by atomic mass is 32.1. The number of fused-ring (bicyclic) bond motifs is 1. The summed E-state index contributed by atoms with van der Waals surface area (Å²) in [5.74, 6) is 2.58. The van der Waals surface area contributed by atoms with Crippen LogP contribution in [0.2, 0.25) is 0 Å². The number of carbonyl (C=O) groups is 1. The SMILES string of the molecule is CN1CCCC(c2nnc3n2CCN(C(=O)c2cscn2)CC3)C1. The van der Waals surface area contributed by atoms with Crippen molar-refractivity contribution in [3.63, 3.8) is 0 Å². The van der Waals surface area contributed by atoms with Crippen LogP contribution in [0.4, 0.5) is 0 Å². The molecule has 0 radical (unpaired) electrons. The van der Waals surface area contributed by atoms with Gasteiger partial charge < -0.3 is 14.4 Å². The van der Waals surface area contributed by atoms with Gasteiger partial charge in [-0.2, -0.15) is 0 Å². The van der Waals surface area contributed by atoms with Crippen LogP contribution in [0.3, 0.4) is 0 Å². The number of carbonyl (C=O) groups excluding carboxylic acids is 1. The van der Waals surface area contributed by atoms with Crippen molar-refractivity contribution in [2.75, 3.05) is 33.2 Å². The molecule has 128 valence electrons. The molecule has 4 rings (SSSR count). The normalized spacial score (nSPS) is 22.2. The van der Waals surface area contributed by atoms with Gasteiger partial charge in [-0.05, 0) is 26.4 Å². The highest BCUT2D eigenvalue weighted by Crippen LogP contribution is 2.26. The van der Waals surface area contributed by atoms with Gasteiger partial charge in [0.2, 0.25) is 0 Å². The van der Waals surface area contributed by atoms with Crippen molar-refractivity contribution < 1.29 is 4.79 Å². The Morgan fingerprint density at radius 2 is 2.17 bits per heavy atom. The summed E-state index contributed by atoms with van der Waals surface area (Å²) >= 11 is 1.46. The molecule has 1 atom stereocenters. The molecule has 0 aliphatic carbocycles. The third-order valence-electron chi connectivity index (χ3n) is 4.98. The molecule has 8 heteroatoms. The molecule has 2 aliphatic heterocycles. The molecule has 1 amide bonds. The number of amides is 1. The van der Waals surface area contributed by atoms with Crippen molar-refractivity contribution >= 4 is 17.2 Å². The molecule has 1 fully saturated rings. The summed E-state index contributed by atoms with van der Waals surface area (Å²) in [7, 11) is 2.17. The van der Waals surface area contributed by atoms with E-state index in [-0.39, 0.29) is 5.91 Å². The monoisotopic (exact) mass is 346 g/mol. The van der Waals surface area contributed by atoms with Crippen molar-refractivity contribution in [1.29, 1.82) is 0 Å². The highest BCUT2D eigenvalue weighted by molar-refractivity contribution is 7.07. The maximum absolute atomic E-state index is 12.5. The Bertz CT molecular complexity index is 712. The lowest BCUT2D eigenvalue weighted by atomic mass is 9.97. The van der Waals surface area contributed by atoms with Crippen LogP contribution in [-0.4, -0.2) is 68.7 Å². The van der Waals surface area contributed by atoms with E-state index in [0.29, 0.717) is 24.7 Å². The van der Waals surface area contributed by atoms with E-state index in [2.05, 4.69) is 31.7 Å². The van der Waals surface area contributed by atoms with Crippen molar-refractivity contribution in [2.45, 2.75) is 31.7 Å². The molecule has 0 N–H and O–H groups in total. The Balaban J connectivity index is 1.50. The molecule has 24 heavy (non-hydrogen) atoms. The van der Waals surface area contributed by atoms with Crippen LogP contribution in [0.15, 0.2) is 10.9 Å². The number of hydrogen-bond acceptors (Lipinski definition) is 6. The van der Waals surface area contributed by atoms with Gasteiger partial charge in [0.25, 0.3) is 5.91 Å². The minimum atomic E-state index is 0.0221. The molecule has 0 aromatic carbocycles. The van der Waals surface area contributed by atoms with Crippen LogP contribution in [-0.2, 0) is 13.0 Å². The standard InChI is InChI=1S/C16H22N6OS/c1-20-5-2-3-12(9-20)15-19-18-14-4-6-21(7-8-22(14)15)16(23)13-10-24-11-17-13/h10-12H,2-9H2,1H3. The quantitative estimate of drug-likeness (QED) is 0.818. The third kappa shape index (κ3) is 2.95. The van der Waals surface area contributed by atoms with Gasteiger partial charge in [-0.1, -0.05) is 0 Å². The van der Waals surface area contributed by atoms with Crippen molar-refractivity contribution in [3.05, 3.63) is 28.2 Å². The second kappa shape index (κ2) is 6.60. The predicted octanol–water partition coefficient (Wildman–Crippen LogP) is 1.24. The largest absolute Gasteiger partial charge is 0.335 e. The minimum absolute atomic E-state index is 0.0221. The number of nitrogens with zero attached hydrogens (tertiary/aromatic N) is 6. The maximum atomic E-state index is 12.5. The summed E-state index contributed by atoms with van der Waals surface area (Å²) in [5, 5.41) is 10.7. The summed E-state index contributed by atoms with van der Waals surface area (Å²) in [6.07, 6.45) is 3.13. The van der Waals surface area contributed by atoms with Crippen LogP contribution in [0.25, 0.3) is 0 Å². The number of piperidine rings is 1. The lowest BCUT2D eigenvalue weighted by molar-refractivity contribution is 0.0753. The van der Waals surface area contributed by atoms with Gasteiger partial charge in [-0.3, -0.25) is 4.79 Å². The molecule has 0 bridgehead atoms. The fourth-order valence-corrected chi connectivity index (χ4v) is 4.23. The van der Waals surface area contributed by atoms with E-state index in [1.54, 1.807) is 5.51 Å². The van der Waals surface area contributed by atoms with Gasteiger partial charge in [-0.15, -0.1) is 21.5 Å². The maximum Gasteiger partial charge on any atom is 0.273 e. The molecule has 1 unspecified atom stereocenters. The Hall–Kier alpha value is -1.80. The van der Waals surface area contributed by atoms with Crippen LogP contribution >= 0.6 is 11.3 Å². The molecule has 4 heterocycles. The van der Waals surface area contributed by atoms with Gasteiger partial charge in [0.05, 0.1) is 5.51 Å². The van der Waals surface area contributed by atoms with Gasteiger partial charge in [0, 0.05) is 43.9 Å². The molecule has 2 aromatic heterocycles. The fourth-order valence-electron chi connectivity index (χ4n) is 3.71. The second-order valence-corrected chi connectivity index (χ2v) is 7.36. The average Bonchev–Trinajstić information content (AvgIpc) is 3.21. The number of likely N-dealkylation sites (N-methyl/N-ethyl adjacent to an activating group) is 1. The van der Waals surface area contributed by atoms with Crippen LogP contribution in [0.5, 0.6) is 0 Å².